The number of hydrogen-bond acceptors (Lipinski definition) is 6. The standard InChI is InChI=1S/C14H12N4OS.C2H4O/c1-9-4-2-5-10-12(9)17-11(18-13(10)19)8-20-14-15-6-3-7-16-14;1-2-3/h2-7H,8H2,1H3,(H,17,18,19);2-3H,1H2. The summed E-state index contributed by atoms with van der Waals surface area (Å²) >= 11 is 1.44. The quantitative estimate of drug-likeness (QED) is 0.436. The Morgan fingerprint density at radius 2 is 2.00 bits per heavy atom. The van der Waals surface area contributed by atoms with E-state index in [0.29, 0.717) is 22.1 Å². The van der Waals surface area contributed by atoms with Crippen LogP contribution in [0.4, 0.5) is 0 Å². The van der Waals surface area contributed by atoms with Crippen LogP contribution in [0.1, 0.15) is 11.4 Å². The summed E-state index contributed by atoms with van der Waals surface area (Å²) in [5.74, 6) is 1.16. The van der Waals surface area contributed by atoms with E-state index in [0.717, 1.165) is 17.3 Å². The molecule has 3 aromatic rings. The summed E-state index contributed by atoms with van der Waals surface area (Å²) in [5.41, 5.74) is 1.64. The molecule has 2 heterocycles. The van der Waals surface area contributed by atoms with Crippen molar-refractivity contribution in [1.82, 2.24) is 19.9 Å². The summed E-state index contributed by atoms with van der Waals surface area (Å²) < 4.78 is 0. The maximum atomic E-state index is 12.0. The molecule has 2 N–H and O–H groups in total. The molecule has 0 fully saturated rings. The van der Waals surface area contributed by atoms with Crippen LogP contribution in [-0.4, -0.2) is 25.0 Å². The first kappa shape index (κ1) is 16.7. The molecule has 0 spiro atoms. The highest BCUT2D eigenvalue weighted by Gasteiger charge is 2.06. The van der Waals surface area contributed by atoms with Gasteiger partial charge in [0, 0.05) is 12.4 Å². The zero-order valence-corrected chi connectivity index (χ0v) is 13.4. The van der Waals surface area contributed by atoms with Gasteiger partial charge >= 0.3 is 0 Å². The number of nitrogens with zero attached hydrogens (tertiary/aromatic N) is 3. The minimum Gasteiger partial charge on any atom is -0.516 e. The van der Waals surface area contributed by atoms with Gasteiger partial charge in [0.2, 0.25) is 0 Å². The third kappa shape index (κ3) is 4.40. The van der Waals surface area contributed by atoms with Crippen molar-refractivity contribution >= 4 is 22.7 Å². The highest BCUT2D eigenvalue weighted by Crippen LogP contribution is 2.17. The maximum absolute atomic E-state index is 12.0. The first-order valence-electron chi connectivity index (χ1n) is 6.79. The van der Waals surface area contributed by atoms with Gasteiger partial charge in [-0.25, -0.2) is 15.0 Å². The molecule has 0 bridgehead atoms. The molecule has 23 heavy (non-hydrogen) atoms. The average Bonchev–Trinajstić information content (AvgIpc) is 2.56. The Balaban J connectivity index is 0.000000595. The van der Waals surface area contributed by atoms with Crippen LogP contribution in [0.25, 0.3) is 10.9 Å². The zero-order valence-electron chi connectivity index (χ0n) is 12.6. The first-order valence-corrected chi connectivity index (χ1v) is 7.77. The number of rotatable bonds is 3. The lowest BCUT2D eigenvalue weighted by Gasteiger charge is -2.04. The van der Waals surface area contributed by atoms with Gasteiger partial charge in [0.15, 0.2) is 5.16 Å². The summed E-state index contributed by atoms with van der Waals surface area (Å²) in [4.78, 5) is 27.6. The number of H-pyrrole nitrogens is 1. The Morgan fingerprint density at radius 3 is 2.70 bits per heavy atom. The van der Waals surface area contributed by atoms with Gasteiger partial charge < -0.3 is 10.1 Å². The second-order valence-electron chi connectivity index (χ2n) is 4.49. The van der Waals surface area contributed by atoms with Gasteiger partial charge in [-0.2, -0.15) is 0 Å². The van der Waals surface area contributed by atoms with Gasteiger partial charge in [-0.05, 0) is 24.6 Å². The second kappa shape index (κ2) is 8.09. The summed E-state index contributed by atoms with van der Waals surface area (Å²) in [6.45, 7) is 4.87. The first-order chi connectivity index (χ1) is 11.2. The van der Waals surface area contributed by atoms with E-state index < -0.39 is 0 Å². The third-order valence-corrected chi connectivity index (χ3v) is 3.75. The predicted molar refractivity (Wildman–Crippen MR) is 91.5 cm³/mol. The summed E-state index contributed by atoms with van der Waals surface area (Å²) in [5, 5.41) is 8.62. The van der Waals surface area contributed by atoms with Crippen molar-refractivity contribution in [2.75, 3.05) is 0 Å². The Morgan fingerprint density at radius 1 is 1.30 bits per heavy atom. The van der Waals surface area contributed by atoms with Crippen molar-refractivity contribution in [2.45, 2.75) is 17.8 Å². The van der Waals surface area contributed by atoms with Crippen LogP contribution in [0.3, 0.4) is 0 Å². The average molecular weight is 328 g/mol. The molecule has 0 unspecified atom stereocenters. The molecule has 0 atom stereocenters. The molecular weight excluding hydrogens is 312 g/mol. The number of aliphatic hydroxyl groups is 1. The van der Waals surface area contributed by atoms with Crippen molar-refractivity contribution in [3.8, 4) is 0 Å². The van der Waals surface area contributed by atoms with Crippen LogP contribution in [0.5, 0.6) is 0 Å². The number of para-hydroxylation sites is 1. The van der Waals surface area contributed by atoms with Crippen LogP contribution in [0.15, 0.2) is 59.5 Å². The molecule has 0 saturated carbocycles. The van der Waals surface area contributed by atoms with E-state index in [9.17, 15) is 4.79 Å². The van der Waals surface area contributed by atoms with E-state index in [4.69, 9.17) is 5.11 Å². The monoisotopic (exact) mass is 328 g/mol. The number of aliphatic hydroxyl groups excluding tert-OH is 1. The number of aryl methyl sites for hydroxylation is 1. The predicted octanol–water partition coefficient (Wildman–Crippen LogP) is 3.00. The topological polar surface area (TPSA) is 91.8 Å². The van der Waals surface area contributed by atoms with Crippen molar-refractivity contribution in [1.29, 1.82) is 0 Å². The van der Waals surface area contributed by atoms with Gasteiger partial charge in [-0.1, -0.05) is 30.5 Å². The lowest BCUT2D eigenvalue weighted by Crippen LogP contribution is -2.11. The van der Waals surface area contributed by atoms with Gasteiger partial charge in [-0.15, -0.1) is 0 Å². The smallest absolute Gasteiger partial charge is 0.258 e. The van der Waals surface area contributed by atoms with E-state index in [-0.39, 0.29) is 5.56 Å². The minimum absolute atomic E-state index is 0.108. The minimum atomic E-state index is -0.108. The molecule has 0 radical (unpaired) electrons. The van der Waals surface area contributed by atoms with Gasteiger partial charge in [0.25, 0.3) is 5.56 Å². The van der Waals surface area contributed by atoms with E-state index in [1.807, 2.05) is 19.1 Å². The second-order valence-corrected chi connectivity index (χ2v) is 5.43. The van der Waals surface area contributed by atoms with Gasteiger partial charge in [0.1, 0.15) is 5.82 Å². The highest BCUT2D eigenvalue weighted by molar-refractivity contribution is 7.98. The molecule has 6 nitrogen and oxygen atoms in total. The molecule has 0 aliphatic heterocycles. The Hall–Kier alpha value is -2.67. The van der Waals surface area contributed by atoms with Gasteiger partial charge in [0.05, 0.1) is 22.9 Å². The molecule has 7 heteroatoms. The van der Waals surface area contributed by atoms with Crippen molar-refractivity contribution in [3.05, 3.63) is 71.2 Å². The fraction of sp³-hybridized carbons (Fsp3) is 0.125. The number of hydrogen-bond donors (Lipinski definition) is 2. The van der Waals surface area contributed by atoms with E-state index in [2.05, 4.69) is 26.5 Å². The number of benzene rings is 1. The van der Waals surface area contributed by atoms with Crippen LogP contribution in [0, 0.1) is 6.92 Å². The lowest BCUT2D eigenvalue weighted by molar-refractivity contribution is 0.476. The zero-order chi connectivity index (χ0) is 16.7. The van der Waals surface area contributed by atoms with Crippen LogP contribution < -0.4 is 5.56 Å². The number of thioether (sulfide) groups is 1. The molecule has 1 aromatic carbocycles. The summed E-state index contributed by atoms with van der Waals surface area (Å²) in [7, 11) is 0. The molecule has 118 valence electrons. The SMILES string of the molecule is C=CO.Cc1cccc2c(=O)[nH]c(CSc3ncccn3)nc12. The van der Waals surface area contributed by atoms with Crippen LogP contribution in [-0.2, 0) is 5.75 Å². The largest absolute Gasteiger partial charge is 0.516 e. The van der Waals surface area contributed by atoms with Crippen molar-refractivity contribution in [3.63, 3.8) is 0 Å². The fourth-order valence-corrected chi connectivity index (χ4v) is 2.59. The molecule has 0 aliphatic rings. The van der Waals surface area contributed by atoms with Crippen LogP contribution in [0.2, 0.25) is 0 Å². The Kier molecular flexibility index (Phi) is 5.87. The molecule has 0 amide bonds. The van der Waals surface area contributed by atoms with Gasteiger partial charge in [-0.3, -0.25) is 4.79 Å². The maximum Gasteiger partial charge on any atom is 0.258 e. The van der Waals surface area contributed by atoms with Crippen molar-refractivity contribution < 1.29 is 5.11 Å². The number of aromatic amines is 1. The van der Waals surface area contributed by atoms with E-state index in [1.165, 1.54) is 11.8 Å². The lowest BCUT2D eigenvalue weighted by atomic mass is 10.1. The van der Waals surface area contributed by atoms with Crippen LogP contribution >= 0.6 is 11.8 Å². The van der Waals surface area contributed by atoms with E-state index >= 15 is 0 Å². The summed E-state index contributed by atoms with van der Waals surface area (Å²) in [6, 6.07) is 7.36. The third-order valence-electron chi connectivity index (χ3n) is 2.87. The molecule has 0 saturated heterocycles. The molecule has 2 aromatic heterocycles. The number of aromatic nitrogens is 4. The highest BCUT2D eigenvalue weighted by atomic mass is 32.2. The fourth-order valence-electron chi connectivity index (χ4n) is 1.91. The van der Waals surface area contributed by atoms with Crippen molar-refractivity contribution in [2.24, 2.45) is 0 Å². The molecule has 0 aliphatic carbocycles. The Bertz CT molecular complexity index is 850. The number of fused-ring (bicyclic) bond motifs is 1. The summed E-state index contributed by atoms with van der Waals surface area (Å²) in [6.07, 6.45) is 4.13. The van der Waals surface area contributed by atoms with E-state index in [1.54, 1.807) is 24.5 Å². The molecular formula is C16H16N4O2S. The normalized spacial score (nSPS) is 9.96. The number of nitrogens with one attached hydrogen (secondary N) is 1. The Labute approximate surface area is 137 Å². The molecule has 3 rings (SSSR count).